The summed E-state index contributed by atoms with van der Waals surface area (Å²) >= 11 is 0. The van der Waals surface area contributed by atoms with Crippen molar-refractivity contribution in [2.75, 3.05) is 37.9 Å². The van der Waals surface area contributed by atoms with Gasteiger partial charge in [0.15, 0.2) is 0 Å². The van der Waals surface area contributed by atoms with Crippen molar-refractivity contribution in [2.45, 2.75) is 57.7 Å². The van der Waals surface area contributed by atoms with Gasteiger partial charge in [-0.1, -0.05) is 6.92 Å². The van der Waals surface area contributed by atoms with Crippen LogP contribution in [0.4, 0.5) is 5.95 Å². The number of aromatic nitrogens is 3. The molecule has 0 aliphatic carbocycles. The standard InChI is InChI=1S/C21H33N5O5S/c1-5-17(21(2,3)28)26-18(27)7-6-15-14-22-20(24-19(15)26)23-16-8-10-25(11-9-16)32(29,30)13-12-31-4/h6-7,14,16-17,28H,5,8-13H2,1-4H3,(H,22,23,24)/t17-/m0/s1. The molecular weight excluding hydrogens is 434 g/mol. The van der Waals surface area contributed by atoms with Gasteiger partial charge in [-0.15, -0.1) is 0 Å². The molecule has 2 aromatic rings. The summed E-state index contributed by atoms with van der Waals surface area (Å²) in [6, 6.07) is 2.72. The van der Waals surface area contributed by atoms with Crippen LogP contribution < -0.4 is 10.9 Å². The van der Waals surface area contributed by atoms with Gasteiger partial charge in [-0.2, -0.15) is 4.98 Å². The first kappa shape index (κ1) is 24.6. The summed E-state index contributed by atoms with van der Waals surface area (Å²) in [4.78, 5) is 21.7. The van der Waals surface area contributed by atoms with Crippen LogP contribution in [0.1, 0.15) is 46.1 Å². The van der Waals surface area contributed by atoms with Crippen molar-refractivity contribution in [3.63, 3.8) is 0 Å². The van der Waals surface area contributed by atoms with Gasteiger partial charge >= 0.3 is 0 Å². The van der Waals surface area contributed by atoms with E-state index in [9.17, 15) is 18.3 Å². The molecular formula is C21H33N5O5S. The number of fused-ring (bicyclic) bond motifs is 1. The molecule has 2 N–H and O–H groups in total. The van der Waals surface area contributed by atoms with Crippen LogP contribution in [0.25, 0.3) is 11.0 Å². The van der Waals surface area contributed by atoms with Gasteiger partial charge in [0.2, 0.25) is 16.0 Å². The van der Waals surface area contributed by atoms with Gasteiger partial charge in [-0.25, -0.2) is 17.7 Å². The number of anilines is 1. The fourth-order valence-electron chi connectivity index (χ4n) is 4.19. The minimum absolute atomic E-state index is 0.0152. The normalized spacial score (nSPS) is 17.5. The zero-order chi connectivity index (χ0) is 23.5. The van der Waals surface area contributed by atoms with E-state index in [0.717, 1.165) is 0 Å². The van der Waals surface area contributed by atoms with E-state index in [2.05, 4.69) is 15.3 Å². The maximum absolute atomic E-state index is 12.7. The number of ether oxygens (including phenoxy) is 1. The molecule has 0 saturated carbocycles. The molecule has 0 unspecified atom stereocenters. The van der Waals surface area contributed by atoms with Crippen molar-refractivity contribution in [1.29, 1.82) is 0 Å². The van der Waals surface area contributed by atoms with E-state index < -0.39 is 21.7 Å². The van der Waals surface area contributed by atoms with Gasteiger partial charge in [0, 0.05) is 43.9 Å². The molecule has 0 bridgehead atoms. The second-order valence-corrected chi connectivity index (χ2v) is 10.8. The molecule has 1 fully saturated rings. The summed E-state index contributed by atoms with van der Waals surface area (Å²) in [5.74, 6) is 0.357. The second-order valence-electron chi connectivity index (χ2n) is 8.72. The third-order valence-corrected chi connectivity index (χ3v) is 7.74. The van der Waals surface area contributed by atoms with Crippen molar-refractivity contribution < 1.29 is 18.3 Å². The van der Waals surface area contributed by atoms with Crippen molar-refractivity contribution in [1.82, 2.24) is 18.8 Å². The van der Waals surface area contributed by atoms with Crippen LogP contribution in [0.2, 0.25) is 0 Å². The van der Waals surface area contributed by atoms with E-state index in [4.69, 9.17) is 4.74 Å². The molecule has 0 amide bonds. The second kappa shape index (κ2) is 9.82. The third-order valence-electron chi connectivity index (χ3n) is 5.91. The van der Waals surface area contributed by atoms with Gasteiger partial charge in [-0.05, 0) is 39.2 Å². The van der Waals surface area contributed by atoms with E-state index in [1.54, 1.807) is 26.1 Å². The maximum Gasteiger partial charge on any atom is 0.252 e. The van der Waals surface area contributed by atoms with Gasteiger partial charge in [0.1, 0.15) is 5.65 Å². The Morgan fingerprint density at radius 2 is 2.00 bits per heavy atom. The predicted molar refractivity (Wildman–Crippen MR) is 123 cm³/mol. The summed E-state index contributed by atoms with van der Waals surface area (Å²) in [7, 11) is -1.83. The number of hydrogen-bond acceptors (Lipinski definition) is 8. The number of nitrogens with one attached hydrogen (secondary N) is 1. The smallest absolute Gasteiger partial charge is 0.252 e. The molecule has 0 aromatic carbocycles. The predicted octanol–water partition coefficient (Wildman–Crippen LogP) is 1.37. The van der Waals surface area contributed by atoms with Crippen molar-refractivity contribution in [3.8, 4) is 0 Å². The number of methoxy groups -OCH3 is 1. The molecule has 1 aliphatic rings. The van der Waals surface area contributed by atoms with Gasteiger partial charge < -0.3 is 15.2 Å². The fraction of sp³-hybridized carbons (Fsp3) is 0.667. The Balaban J connectivity index is 1.80. The lowest BCUT2D eigenvalue weighted by Gasteiger charge is -2.32. The van der Waals surface area contributed by atoms with Crippen LogP contribution in [0.5, 0.6) is 0 Å². The zero-order valence-electron chi connectivity index (χ0n) is 19.1. The van der Waals surface area contributed by atoms with Crippen LogP contribution in [0.3, 0.4) is 0 Å². The Labute approximate surface area is 188 Å². The van der Waals surface area contributed by atoms with E-state index >= 15 is 0 Å². The van der Waals surface area contributed by atoms with Crippen LogP contribution in [0.15, 0.2) is 23.1 Å². The highest BCUT2D eigenvalue weighted by Gasteiger charge is 2.30. The molecule has 11 heteroatoms. The average Bonchev–Trinajstić information content (AvgIpc) is 2.74. The van der Waals surface area contributed by atoms with E-state index in [1.165, 1.54) is 22.0 Å². The Hall–Kier alpha value is -2.08. The minimum Gasteiger partial charge on any atom is -0.388 e. The highest BCUT2D eigenvalue weighted by molar-refractivity contribution is 7.89. The van der Waals surface area contributed by atoms with Gasteiger partial charge in [-0.3, -0.25) is 9.36 Å². The first-order chi connectivity index (χ1) is 15.1. The van der Waals surface area contributed by atoms with Crippen molar-refractivity contribution in [2.24, 2.45) is 0 Å². The van der Waals surface area contributed by atoms with Crippen LogP contribution in [-0.4, -0.2) is 76.6 Å². The largest absolute Gasteiger partial charge is 0.388 e. The monoisotopic (exact) mass is 467 g/mol. The number of aliphatic hydroxyl groups is 1. The van der Waals surface area contributed by atoms with Gasteiger partial charge in [0.25, 0.3) is 5.56 Å². The minimum atomic E-state index is -3.32. The highest BCUT2D eigenvalue weighted by Crippen LogP contribution is 2.27. The molecule has 3 rings (SSSR count). The average molecular weight is 468 g/mol. The lowest BCUT2D eigenvalue weighted by atomic mass is 9.96. The third kappa shape index (κ3) is 5.45. The molecule has 1 aliphatic heterocycles. The van der Waals surface area contributed by atoms with E-state index in [1.807, 2.05) is 6.92 Å². The maximum atomic E-state index is 12.7. The van der Waals surface area contributed by atoms with Crippen molar-refractivity contribution >= 4 is 27.0 Å². The summed E-state index contributed by atoms with van der Waals surface area (Å²) in [6.07, 6.45) is 3.46. The molecule has 178 valence electrons. The van der Waals surface area contributed by atoms with Crippen LogP contribution in [-0.2, 0) is 14.8 Å². The summed E-state index contributed by atoms with van der Waals surface area (Å²) in [5.41, 5.74) is -0.874. The fourth-order valence-corrected chi connectivity index (χ4v) is 5.59. The molecule has 2 aromatic heterocycles. The Bertz CT molecular complexity index is 1090. The highest BCUT2D eigenvalue weighted by atomic mass is 32.2. The summed E-state index contributed by atoms with van der Waals surface area (Å²) < 4.78 is 32.6. The first-order valence-electron chi connectivity index (χ1n) is 10.9. The molecule has 10 nitrogen and oxygen atoms in total. The topological polar surface area (TPSA) is 127 Å². The van der Waals surface area contributed by atoms with Gasteiger partial charge in [0.05, 0.1) is 24.0 Å². The molecule has 3 heterocycles. The number of rotatable bonds is 9. The lowest BCUT2D eigenvalue weighted by molar-refractivity contribution is 0.0215. The van der Waals surface area contributed by atoms with Crippen molar-refractivity contribution in [3.05, 3.63) is 28.7 Å². The molecule has 32 heavy (non-hydrogen) atoms. The molecule has 1 atom stereocenters. The molecule has 0 spiro atoms. The SMILES string of the molecule is CC[C@H](n1c(=O)ccc2cnc(NC3CCN(S(=O)(=O)CCOC)CC3)nc21)C(C)(C)O. The Kier molecular flexibility index (Phi) is 7.53. The Morgan fingerprint density at radius 3 is 2.59 bits per heavy atom. The Morgan fingerprint density at radius 1 is 1.31 bits per heavy atom. The zero-order valence-corrected chi connectivity index (χ0v) is 19.9. The summed E-state index contributed by atoms with van der Waals surface area (Å²) in [5, 5.41) is 14.6. The van der Waals surface area contributed by atoms with E-state index in [0.29, 0.717) is 49.3 Å². The molecule has 0 radical (unpaired) electrons. The number of sulfonamides is 1. The molecule has 1 saturated heterocycles. The van der Waals surface area contributed by atoms with Crippen LogP contribution >= 0.6 is 0 Å². The number of piperidine rings is 1. The first-order valence-corrected chi connectivity index (χ1v) is 12.5. The van der Waals surface area contributed by atoms with E-state index in [-0.39, 0.29) is 24.0 Å². The van der Waals surface area contributed by atoms with Crippen LogP contribution in [0, 0.1) is 0 Å². The quantitative estimate of drug-likeness (QED) is 0.566. The number of pyridine rings is 1. The number of nitrogens with zero attached hydrogens (tertiary/aromatic N) is 4. The number of hydrogen-bond donors (Lipinski definition) is 2. The lowest BCUT2D eigenvalue weighted by Crippen LogP contribution is -2.44. The summed E-state index contributed by atoms with van der Waals surface area (Å²) in [6.45, 7) is 6.29.